The number of hydrogen-bond acceptors (Lipinski definition) is 2. The molecule has 0 aromatic heterocycles. The van der Waals surface area contributed by atoms with Crippen LogP contribution in [0.1, 0.15) is 12.0 Å². The molecule has 2 heteroatoms. The summed E-state index contributed by atoms with van der Waals surface area (Å²) in [6, 6.07) is 10.8. The molecule has 19 heavy (non-hydrogen) atoms. The van der Waals surface area contributed by atoms with Crippen LogP contribution in [0, 0.1) is 23.7 Å². The maximum Gasteiger partial charge on any atom is 0.0500 e. The van der Waals surface area contributed by atoms with Crippen molar-refractivity contribution in [1.82, 2.24) is 0 Å². The van der Waals surface area contributed by atoms with Gasteiger partial charge < -0.3 is 9.47 Å². The number of methoxy groups -OCH3 is 2. The Hall–Kier alpha value is -1.12. The fourth-order valence-electron chi connectivity index (χ4n) is 3.97. The minimum Gasteiger partial charge on any atom is -0.384 e. The van der Waals surface area contributed by atoms with E-state index >= 15 is 0 Å². The maximum absolute atomic E-state index is 5.46. The fourth-order valence-corrected chi connectivity index (χ4v) is 3.97. The number of fused-ring (bicyclic) bond motifs is 2. The largest absolute Gasteiger partial charge is 0.384 e. The molecular weight excluding hydrogens is 236 g/mol. The number of benzene rings is 1. The van der Waals surface area contributed by atoms with Crippen molar-refractivity contribution in [2.24, 2.45) is 23.7 Å². The summed E-state index contributed by atoms with van der Waals surface area (Å²) in [5.74, 6) is 2.55. The Kier molecular flexibility index (Phi) is 3.72. The number of ether oxygens (including phenoxy) is 2. The topological polar surface area (TPSA) is 18.5 Å². The second kappa shape index (κ2) is 5.48. The van der Waals surface area contributed by atoms with Crippen LogP contribution in [0.25, 0.3) is 5.57 Å². The van der Waals surface area contributed by atoms with Crippen molar-refractivity contribution >= 4 is 5.57 Å². The molecule has 1 aromatic carbocycles. The lowest BCUT2D eigenvalue weighted by Crippen LogP contribution is -2.28. The summed E-state index contributed by atoms with van der Waals surface area (Å²) < 4.78 is 10.9. The quantitative estimate of drug-likeness (QED) is 0.807. The van der Waals surface area contributed by atoms with Gasteiger partial charge in [-0.25, -0.2) is 0 Å². The summed E-state index contributed by atoms with van der Waals surface area (Å²) in [4.78, 5) is 0. The smallest absolute Gasteiger partial charge is 0.0500 e. The number of hydrogen-bond donors (Lipinski definition) is 0. The van der Waals surface area contributed by atoms with Crippen molar-refractivity contribution < 1.29 is 9.47 Å². The molecule has 0 saturated heterocycles. The van der Waals surface area contributed by atoms with Crippen LogP contribution < -0.4 is 0 Å². The minimum atomic E-state index is 0.607. The van der Waals surface area contributed by atoms with Gasteiger partial charge in [-0.1, -0.05) is 36.4 Å². The molecular formula is C17H22O2. The third kappa shape index (κ3) is 2.24. The molecule has 0 unspecified atom stereocenters. The minimum absolute atomic E-state index is 0.607. The van der Waals surface area contributed by atoms with E-state index in [0.717, 1.165) is 13.2 Å². The first-order valence-electron chi connectivity index (χ1n) is 7.10. The summed E-state index contributed by atoms with van der Waals surface area (Å²) >= 11 is 0. The highest BCUT2D eigenvalue weighted by Gasteiger charge is 2.48. The van der Waals surface area contributed by atoms with Crippen molar-refractivity contribution in [1.29, 1.82) is 0 Å². The average Bonchev–Trinajstić information content (AvgIpc) is 3.00. The van der Waals surface area contributed by atoms with Crippen LogP contribution in [0.2, 0.25) is 0 Å². The molecule has 1 saturated carbocycles. The van der Waals surface area contributed by atoms with Crippen LogP contribution in [-0.2, 0) is 9.47 Å². The first-order valence-corrected chi connectivity index (χ1v) is 7.10. The third-order valence-electron chi connectivity index (χ3n) is 4.76. The van der Waals surface area contributed by atoms with Gasteiger partial charge in [-0.15, -0.1) is 0 Å². The molecule has 3 rings (SSSR count). The van der Waals surface area contributed by atoms with Crippen molar-refractivity contribution in [2.75, 3.05) is 27.4 Å². The fraction of sp³-hybridized carbons (Fsp3) is 0.529. The zero-order valence-electron chi connectivity index (χ0n) is 11.7. The van der Waals surface area contributed by atoms with Crippen molar-refractivity contribution in [3.63, 3.8) is 0 Å². The Balaban J connectivity index is 1.87. The van der Waals surface area contributed by atoms with Gasteiger partial charge in [0.2, 0.25) is 0 Å². The van der Waals surface area contributed by atoms with Gasteiger partial charge in [-0.2, -0.15) is 0 Å². The lowest BCUT2D eigenvalue weighted by atomic mass is 9.78. The zero-order valence-corrected chi connectivity index (χ0v) is 11.7. The second-order valence-electron chi connectivity index (χ2n) is 5.73. The van der Waals surface area contributed by atoms with Gasteiger partial charge in [0.15, 0.2) is 0 Å². The normalized spacial score (nSPS) is 32.6. The SMILES string of the molecule is COC[C@@H]1[C@H](COC)[C@@H]2C=C(c3ccccc3)[C@H]1C2. The van der Waals surface area contributed by atoms with Gasteiger partial charge >= 0.3 is 0 Å². The molecule has 0 N–H and O–H groups in total. The van der Waals surface area contributed by atoms with Crippen LogP contribution >= 0.6 is 0 Å². The number of rotatable bonds is 5. The highest BCUT2D eigenvalue weighted by Crippen LogP contribution is 2.54. The predicted octanol–water partition coefficient (Wildman–Crippen LogP) is 3.24. The van der Waals surface area contributed by atoms with Gasteiger partial charge in [0.1, 0.15) is 0 Å². The molecule has 102 valence electrons. The van der Waals surface area contributed by atoms with Gasteiger partial charge in [0.25, 0.3) is 0 Å². The molecule has 0 heterocycles. The van der Waals surface area contributed by atoms with Crippen LogP contribution in [0.5, 0.6) is 0 Å². The molecule has 2 aliphatic carbocycles. The first kappa shape index (κ1) is 12.9. The van der Waals surface area contributed by atoms with E-state index in [4.69, 9.17) is 9.47 Å². The van der Waals surface area contributed by atoms with E-state index in [1.165, 1.54) is 17.6 Å². The van der Waals surface area contributed by atoms with Crippen LogP contribution in [0.3, 0.4) is 0 Å². The molecule has 4 atom stereocenters. The summed E-state index contributed by atoms with van der Waals surface area (Å²) in [5, 5.41) is 0. The first-order chi connectivity index (χ1) is 9.35. The Morgan fingerprint density at radius 1 is 1.00 bits per heavy atom. The van der Waals surface area contributed by atoms with Gasteiger partial charge in [-0.05, 0) is 41.2 Å². The van der Waals surface area contributed by atoms with Gasteiger partial charge in [0.05, 0.1) is 0 Å². The third-order valence-corrected chi connectivity index (χ3v) is 4.76. The molecule has 0 spiro atoms. The Bertz CT molecular complexity index is 452. The van der Waals surface area contributed by atoms with E-state index < -0.39 is 0 Å². The molecule has 2 nitrogen and oxygen atoms in total. The maximum atomic E-state index is 5.46. The van der Waals surface area contributed by atoms with Crippen LogP contribution in [0.4, 0.5) is 0 Å². The molecule has 0 aliphatic heterocycles. The summed E-state index contributed by atoms with van der Waals surface area (Å²) in [5.41, 5.74) is 2.91. The molecule has 2 aliphatic rings. The molecule has 1 aromatic rings. The van der Waals surface area contributed by atoms with E-state index in [9.17, 15) is 0 Å². The predicted molar refractivity (Wildman–Crippen MR) is 76.7 cm³/mol. The Labute approximate surface area is 115 Å². The van der Waals surface area contributed by atoms with E-state index in [0.29, 0.717) is 23.7 Å². The van der Waals surface area contributed by atoms with Crippen molar-refractivity contribution in [3.05, 3.63) is 42.0 Å². The second-order valence-corrected chi connectivity index (χ2v) is 5.73. The standard InChI is InChI=1S/C17H22O2/c1-18-10-16-13-8-14(12-6-4-3-5-7-12)15(9-13)17(16)11-19-2/h3-8,13,15-17H,9-11H2,1-2H3/t13-,15-,16-,17+/m1/s1. The van der Waals surface area contributed by atoms with Crippen molar-refractivity contribution in [3.8, 4) is 0 Å². The van der Waals surface area contributed by atoms with Crippen molar-refractivity contribution in [2.45, 2.75) is 6.42 Å². The Morgan fingerprint density at radius 3 is 2.37 bits per heavy atom. The summed E-state index contributed by atoms with van der Waals surface area (Å²) in [6.45, 7) is 1.70. The van der Waals surface area contributed by atoms with Gasteiger partial charge in [-0.3, -0.25) is 0 Å². The lowest BCUT2D eigenvalue weighted by molar-refractivity contribution is 0.0663. The van der Waals surface area contributed by atoms with Crippen LogP contribution in [-0.4, -0.2) is 27.4 Å². The highest BCUT2D eigenvalue weighted by molar-refractivity contribution is 5.71. The zero-order chi connectivity index (χ0) is 13.2. The van der Waals surface area contributed by atoms with E-state index in [-0.39, 0.29) is 0 Å². The summed E-state index contributed by atoms with van der Waals surface area (Å²) in [7, 11) is 3.61. The van der Waals surface area contributed by atoms with E-state index in [1.54, 1.807) is 7.11 Å². The summed E-state index contributed by atoms with van der Waals surface area (Å²) in [6.07, 6.45) is 3.75. The molecule has 0 radical (unpaired) electrons. The number of allylic oxidation sites excluding steroid dienone is 2. The molecule has 0 amide bonds. The van der Waals surface area contributed by atoms with Gasteiger partial charge in [0, 0.05) is 27.4 Å². The molecule has 1 fully saturated rings. The monoisotopic (exact) mass is 258 g/mol. The lowest BCUT2D eigenvalue weighted by Gasteiger charge is -2.30. The highest BCUT2D eigenvalue weighted by atomic mass is 16.5. The van der Waals surface area contributed by atoms with E-state index in [1.807, 2.05) is 7.11 Å². The average molecular weight is 258 g/mol. The Morgan fingerprint density at radius 2 is 1.68 bits per heavy atom. The molecule has 2 bridgehead atoms. The van der Waals surface area contributed by atoms with Crippen LogP contribution in [0.15, 0.2) is 36.4 Å². The van der Waals surface area contributed by atoms with E-state index in [2.05, 4.69) is 36.4 Å².